The van der Waals surface area contributed by atoms with Gasteiger partial charge in [0, 0.05) is 12.1 Å². The molecule has 1 aromatic heterocycles. The number of ether oxygens (including phenoxy) is 1. The first-order chi connectivity index (χ1) is 10.7. The molecule has 1 aliphatic heterocycles. The van der Waals surface area contributed by atoms with E-state index in [9.17, 15) is 4.79 Å². The van der Waals surface area contributed by atoms with Crippen molar-refractivity contribution in [1.29, 1.82) is 0 Å². The maximum Gasteiger partial charge on any atom is 0.247 e. The minimum absolute atomic E-state index is 0.0796. The van der Waals surface area contributed by atoms with Gasteiger partial charge in [-0.15, -0.1) is 10.2 Å². The standard InChI is InChI=1S/C15H18N4O3/c1-21-12-4-2-10(3-5-12)15-18-17-13(22-15)9-19-7-6-11(8-19)14(16)20/h2-5,11H,6-9H2,1H3,(H2,16,20)/t11-/m1/s1. The van der Waals surface area contributed by atoms with E-state index in [1.165, 1.54) is 0 Å². The van der Waals surface area contributed by atoms with Crippen molar-refractivity contribution < 1.29 is 13.9 Å². The van der Waals surface area contributed by atoms with Gasteiger partial charge in [0.1, 0.15) is 5.75 Å². The third-order valence-electron chi connectivity index (χ3n) is 3.84. The Balaban J connectivity index is 1.65. The molecule has 7 nitrogen and oxygen atoms in total. The van der Waals surface area contributed by atoms with Crippen molar-refractivity contribution in [2.45, 2.75) is 13.0 Å². The molecule has 0 bridgehead atoms. The highest BCUT2D eigenvalue weighted by atomic mass is 16.5. The van der Waals surface area contributed by atoms with Crippen LogP contribution in [0.4, 0.5) is 0 Å². The Labute approximate surface area is 128 Å². The summed E-state index contributed by atoms with van der Waals surface area (Å²) < 4.78 is 10.8. The van der Waals surface area contributed by atoms with Gasteiger partial charge in [-0.25, -0.2) is 0 Å². The molecule has 22 heavy (non-hydrogen) atoms. The topological polar surface area (TPSA) is 94.5 Å². The molecule has 1 amide bonds. The van der Waals surface area contributed by atoms with Crippen molar-refractivity contribution in [3.05, 3.63) is 30.2 Å². The number of aromatic nitrogens is 2. The molecule has 3 rings (SSSR count). The van der Waals surface area contributed by atoms with Crippen molar-refractivity contribution in [2.75, 3.05) is 20.2 Å². The number of nitrogens with two attached hydrogens (primary N) is 1. The average molecular weight is 302 g/mol. The first kappa shape index (κ1) is 14.5. The normalized spacial score (nSPS) is 18.5. The molecule has 2 N–H and O–H groups in total. The molecule has 1 fully saturated rings. The van der Waals surface area contributed by atoms with Crippen molar-refractivity contribution in [1.82, 2.24) is 15.1 Å². The molecule has 2 aromatic rings. The maximum atomic E-state index is 11.2. The number of likely N-dealkylation sites (tertiary alicyclic amines) is 1. The van der Waals surface area contributed by atoms with Gasteiger partial charge in [0.15, 0.2) is 0 Å². The van der Waals surface area contributed by atoms with E-state index in [0.717, 1.165) is 24.3 Å². The van der Waals surface area contributed by atoms with Crippen LogP contribution in [0.1, 0.15) is 12.3 Å². The van der Waals surface area contributed by atoms with Crippen LogP contribution < -0.4 is 10.5 Å². The predicted molar refractivity (Wildman–Crippen MR) is 78.9 cm³/mol. The molecule has 1 saturated heterocycles. The highest BCUT2D eigenvalue weighted by Crippen LogP contribution is 2.23. The lowest BCUT2D eigenvalue weighted by Crippen LogP contribution is -2.27. The number of hydrogen-bond acceptors (Lipinski definition) is 6. The number of carbonyl (C=O) groups is 1. The number of hydrogen-bond donors (Lipinski definition) is 1. The van der Waals surface area contributed by atoms with E-state index in [1.54, 1.807) is 7.11 Å². The second-order valence-corrected chi connectivity index (χ2v) is 5.35. The molecular weight excluding hydrogens is 284 g/mol. The minimum atomic E-state index is -0.244. The van der Waals surface area contributed by atoms with Crippen molar-refractivity contribution in [3.8, 4) is 17.2 Å². The lowest BCUT2D eigenvalue weighted by Gasteiger charge is -2.11. The molecule has 1 aliphatic rings. The zero-order chi connectivity index (χ0) is 15.5. The lowest BCUT2D eigenvalue weighted by atomic mass is 10.1. The summed E-state index contributed by atoms with van der Waals surface area (Å²) in [5, 5.41) is 8.13. The van der Waals surface area contributed by atoms with E-state index in [-0.39, 0.29) is 11.8 Å². The van der Waals surface area contributed by atoms with E-state index >= 15 is 0 Å². The summed E-state index contributed by atoms with van der Waals surface area (Å²) in [5.74, 6) is 1.47. The zero-order valence-corrected chi connectivity index (χ0v) is 12.4. The smallest absolute Gasteiger partial charge is 0.247 e. The summed E-state index contributed by atoms with van der Waals surface area (Å²) in [4.78, 5) is 13.3. The van der Waals surface area contributed by atoms with Crippen molar-refractivity contribution in [3.63, 3.8) is 0 Å². The summed E-state index contributed by atoms with van der Waals surface area (Å²) in [7, 11) is 1.62. The molecule has 0 radical (unpaired) electrons. The van der Waals surface area contributed by atoms with Crippen LogP contribution in [0.15, 0.2) is 28.7 Å². The SMILES string of the molecule is COc1ccc(-c2nnc(CN3CC[C@@H](C(N)=O)C3)o2)cc1. The first-order valence-electron chi connectivity index (χ1n) is 7.14. The minimum Gasteiger partial charge on any atom is -0.497 e. The van der Waals surface area contributed by atoms with Gasteiger partial charge in [0.2, 0.25) is 17.7 Å². The van der Waals surface area contributed by atoms with Gasteiger partial charge in [-0.3, -0.25) is 9.69 Å². The van der Waals surface area contributed by atoms with Gasteiger partial charge in [0.05, 0.1) is 19.6 Å². The second-order valence-electron chi connectivity index (χ2n) is 5.35. The number of methoxy groups -OCH3 is 1. The van der Waals surface area contributed by atoms with E-state index in [0.29, 0.717) is 24.9 Å². The number of rotatable bonds is 5. The Morgan fingerprint density at radius 3 is 2.82 bits per heavy atom. The van der Waals surface area contributed by atoms with Gasteiger partial charge >= 0.3 is 0 Å². The van der Waals surface area contributed by atoms with Crippen LogP contribution >= 0.6 is 0 Å². The van der Waals surface area contributed by atoms with Crippen LogP contribution in [0.3, 0.4) is 0 Å². The van der Waals surface area contributed by atoms with Gasteiger partial charge in [-0.2, -0.15) is 0 Å². The summed E-state index contributed by atoms with van der Waals surface area (Å²) in [6, 6.07) is 7.43. The van der Waals surface area contributed by atoms with Crippen LogP contribution in [0.5, 0.6) is 5.75 Å². The second kappa shape index (κ2) is 6.15. The zero-order valence-electron chi connectivity index (χ0n) is 12.4. The Kier molecular flexibility index (Phi) is 4.06. The molecule has 0 unspecified atom stereocenters. The van der Waals surface area contributed by atoms with Crippen LogP contribution in [0.25, 0.3) is 11.5 Å². The van der Waals surface area contributed by atoms with Crippen LogP contribution in [-0.2, 0) is 11.3 Å². The summed E-state index contributed by atoms with van der Waals surface area (Å²) in [6.45, 7) is 2.00. The van der Waals surface area contributed by atoms with Crippen molar-refractivity contribution >= 4 is 5.91 Å². The molecule has 1 atom stereocenters. The van der Waals surface area contributed by atoms with E-state index in [2.05, 4.69) is 15.1 Å². The number of nitrogens with zero attached hydrogens (tertiary/aromatic N) is 3. The first-order valence-corrected chi connectivity index (χ1v) is 7.14. The number of carbonyl (C=O) groups excluding carboxylic acids is 1. The summed E-state index contributed by atoms with van der Waals surface area (Å²) in [5.41, 5.74) is 6.17. The largest absolute Gasteiger partial charge is 0.497 e. The molecule has 116 valence electrons. The van der Waals surface area contributed by atoms with Crippen molar-refractivity contribution in [2.24, 2.45) is 11.7 Å². The molecular formula is C15H18N4O3. The Bertz CT molecular complexity index is 653. The molecule has 2 heterocycles. The Morgan fingerprint density at radius 2 is 2.18 bits per heavy atom. The monoisotopic (exact) mass is 302 g/mol. The Morgan fingerprint density at radius 1 is 1.41 bits per heavy atom. The van der Waals surface area contributed by atoms with E-state index in [1.807, 2.05) is 24.3 Å². The van der Waals surface area contributed by atoms with Gasteiger partial charge < -0.3 is 14.9 Å². The predicted octanol–water partition coefficient (Wildman–Crippen LogP) is 1.05. The fourth-order valence-corrected chi connectivity index (χ4v) is 2.57. The number of primary amides is 1. The molecule has 0 spiro atoms. The highest BCUT2D eigenvalue weighted by molar-refractivity contribution is 5.77. The van der Waals surface area contributed by atoms with Gasteiger partial charge in [-0.05, 0) is 37.2 Å². The highest BCUT2D eigenvalue weighted by Gasteiger charge is 2.27. The third kappa shape index (κ3) is 3.09. The summed E-state index contributed by atoms with van der Waals surface area (Å²) in [6.07, 6.45) is 0.787. The van der Waals surface area contributed by atoms with Crippen LogP contribution in [-0.4, -0.2) is 41.2 Å². The average Bonchev–Trinajstić information content (AvgIpc) is 3.17. The van der Waals surface area contributed by atoms with Crippen LogP contribution in [0.2, 0.25) is 0 Å². The number of amides is 1. The fourth-order valence-electron chi connectivity index (χ4n) is 2.57. The van der Waals surface area contributed by atoms with Gasteiger partial charge in [-0.1, -0.05) is 0 Å². The molecule has 1 aromatic carbocycles. The molecule has 0 aliphatic carbocycles. The van der Waals surface area contributed by atoms with Gasteiger partial charge in [0.25, 0.3) is 0 Å². The Hall–Kier alpha value is -2.41. The quantitative estimate of drug-likeness (QED) is 0.887. The number of benzene rings is 1. The third-order valence-corrected chi connectivity index (χ3v) is 3.84. The maximum absolute atomic E-state index is 11.2. The van der Waals surface area contributed by atoms with Crippen LogP contribution in [0, 0.1) is 5.92 Å². The lowest BCUT2D eigenvalue weighted by molar-refractivity contribution is -0.121. The summed E-state index contributed by atoms with van der Waals surface area (Å²) >= 11 is 0. The molecule has 7 heteroatoms. The molecule has 0 saturated carbocycles. The fraction of sp³-hybridized carbons (Fsp3) is 0.400. The van der Waals surface area contributed by atoms with E-state index in [4.69, 9.17) is 14.9 Å². The van der Waals surface area contributed by atoms with E-state index < -0.39 is 0 Å².